The van der Waals surface area contributed by atoms with E-state index in [0.717, 1.165) is 17.4 Å². The van der Waals surface area contributed by atoms with Gasteiger partial charge in [0, 0.05) is 21.2 Å². The molecule has 0 radical (unpaired) electrons. The Morgan fingerprint density at radius 3 is 2.50 bits per heavy atom. The summed E-state index contributed by atoms with van der Waals surface area (Å²) in [6.07, 6.45) is 0.773. The number of ether oxygens (including phenoxy) is 1. The Morgan fingerprint density at radius 2 is 1.83 bits per heavy atom. The lowest BCUT2D eigenvalue weighted by molar-refractivity contribution is 0.112. The van der Waals surface area contributed by atoms with Crippen LogP contribution in [0.4, 0.5) is 0 Å². The highest BCUT2D eigenvalue weighted by molar-refractivity contribution is 6.35. The molecule has 0 aliphatic carbocycles. The summed E-state index contributed by atoms with van der Waals surface area (Å²) in [6, 6.07) is 10.4. The average molecular weight is 281 g/mol. The van der Waals surface area contributed by atoms with Crippen LogP contribution in [0.15, 0.2) is 36.4 Å². The van der Waals surface area contributed by atoms with Gasteiger partial charge in [-0.25, -0.2) is 0 Å². The second-order valence-corrected chi connectivity index (χ2v) is 4.54. The lowest BCUT2D eigenvalue weighted by Crippen LogP contribution is -1.91. The van der Waals surface area contributed by atoms with Crippen molar-refractivity contribution in [2.45, 2.75) is 0 Å². The van der Waals surface area contributed by atoms with Crippen LogP contribution in [0.3, 0.4) is 0 Å². The molecule has 0 atom stereocenters. The minimum atomic E-state index is 0.513. The molecule has 0 aliphatic rings. The molecule has 0 saturated heterocycles. The molecule has 0 bridgehead atoms. The lowest BCUT2D eigenvalue weighted by Gasteiger charge is -2.09. The van der Waals surface area contributed by atoms with Crippen molar-refractivity contribution in [3.63, 3.8) is 0 Å². The van der Waals surface area contributed by atoms with E-state index in [1.54, 1.807) is 43.5 Å². The molecule has 0 unspecified atom stereocenters. The average Bonchev–Trinajstić information content (AvgIpc) is 2.41. The van der Waals surface area contributed by atoms with Crippen LogP contribution in [0.5, 0.6) is 5.75 Å². The van der Waals surface area contributed by atoms with E-state index in [2.05, 4.69) is 0 Å². The number of carbonyl (C=O) groups excluding carboxylic acids is 1. The van der Waals surface area contributed by atoms with Crippen molar-refractivity contribution in [1.29, 1.82) is 0 Å². The van der Waals surface area contributed by atoms with Crippen molar-refractivity contribution in [1.82, 2.24) is 0 Å². The van der Waals surface area contributed by atoms with Crippen LogP contribution in [0.25, 0.3) is 11.1 Å². The predicted octanol–water partition coefficient (Wildman–Crippen LogP) is 4.48. The van der Waals surface area contributed by atoms with Gasteiger partial charge in [0.05, 0.1) is 7.11 Å². The van der Waals surface area contributed by atoms with E-state index in [-0.39, 0.29) is 0 Å². The van der Waals surface area contributed by atoms with Crippen molar-refractivity contribution in [3.8, 4) is 16.9 Å². The zero-order valence-electron chi connectivity index (χ0n) is 9.61. The number of halogens is 2. The first-order valence-electron chi connectivity index (χ1n) is 5.24. The summed E-state index contributed by atoms with van der Waals surface area (Å²) in [5, 5.41) is 1.12. The molecule has 18 heavy (non-hydrogen) atoms. The molecule has 0 aromatic heterocycles. The third-order valence-corrected chi connectivity index (χ3v) is 3.17. The first-order valence-corrected chi connectivity index (χ1v) is 6.00. The third kappa shape index (κ3) is 2.50. The van der Waals surface area contributed by atoms with Gasteiger partial charge in [0.25, 0.3) is 0 Å². The van der Waals surface area contributed by atoms with Crippen molar-refractivity contribution in [2.75, 3.05) is 7.11 Å². The van der Waals surface area contributed by atoms with Crippen LogP contribution in [0.2, 0.25) is 10.0 Å². The molecule has 0 fully saturated rings. The maximum atomic E-state index is 11.1. The quantitative estimate of drug-likeness (QED) is 0.775. The Labute approximate surface area is 115 Å². The van der Waals surface area contributed by atoms with E-state index < -0.39 is 0 Å². The number of benzene rings is 2. The van der Waals surface area contributed by atoms with Crippen LogP contribution in [-0.4, -0.2) is 13.4 Å². The van der Waals surface area contributed by atoms with Crippen molar-refractivity contribution in [3.05, 3.63) is 52.0 Å². The summed E-state index contributed by atoms with van der Waals surface area (Å²) in [5.74, 6) is 0.624. The summed E-state index contributed by atoms with van der Waals surface area (Å²) < 4.78 is 5.08. The molecule has 0 spiro atoms. The second-order valence-electron chi connectivity index (χ2n) is 3.70. The number of hydrogen-bond acceptors (Lipinski definition) is 2. The van der Waals surface area contributed by atoms with Gasteiger partial charge in [-0.1, -0.05) is 23.2 Å². The van der Waals surface area contributed by atoms with Crippen molar-refractivity contribution >= 4 is 29.5 Å². The smallest absolute Gasteiger partial charge is 0.150 e. The number of aldehydes is 1. The Balaban J connectivity index is 2.63. The highest BCUT2D eigenvalue weighted by atomic mass is 35.5. The molecule has 0 aliphatic heterocycles. The van der Waals surface area contributed by atoms with Crippen LogP contribution < -0.4 is 4.74 Å². The van der Waals surface area contributed by atoms with Gasteiger partial charge in [0.15, 0.2) is 6.29 Å². The van der Waals surface area contributed by atoms with Gasteiger partial charge in [0.1, 0.15) is 5.75 Å². The summed E-state index contributed by atoms with van der Waals surface area (Å²) >= 11 is 12.1. The van der Waals surface area contributed by atoms with E-state index >= 15 is 0 Å². The highest BCUT2D eigenvalue weighted by Gasteiger charge is 2.10. The number of methoxy groups -OCH3 is 1. The first-order chi connectivity index (χ1) is 8.65. The van der Waals surface area contributed by atoms with Gasteiger partial charge in [-0.15, -0.1) is 0 Å². The Bertz CT molecular complexity index is 594. The lowest BCUT2D eigenvalue weighted by atomic mass is 10.00. The summed E-state index contributed by atoms with van der Waals surface area (Å²) in [4.78, 5) is 11.1. The maximum Gasteiger partial charge on any atom is 0.150 e. The first kappa shape index (κ1) is 12.9. The number of hydrogen-bond donors (Lipinski definition) is 0. The minimum absolute atomic E-state index is 0.513. The third-order valence-electron chi connectivity index (χ3n) is 2.60. The Kier molecular flexibility index (Phi) is 3.90. The molecular formula is C14H10Cl2O2. The molecule has 0 heterocycles. The van der Waals surface area contributed by atoms with Crippen LogP contribution in [-0.2, 0) is 0 Å². The predicted molar refractivity (Wildman–Crippen MR) is 73.8 cm³/mol. The fourth-order valence-corrected chi connectivity index (χ4v) is 2.11. The SMILES string of the molecule is COc1ccc(-c2cc(Cl)ccc2Cl)c(C=O)c1. The Hall–Kier alpha value is -1.51. The second kappa shape index (κ2) is 5.42. The topological polar surface area (TPSA) is 26.3 Å². The van der Waals surface area contributed by atoms with E-state index in [9.17, 15) is 4.79 Å². The van der Waals surface area contributed by atoms with E-state index in [4.69, 9.17) is 27.9 Å². The molecule has 0 N–H and O–H groups in total. The summed E-state index contributed by atoms with van der Waals surface area (Å²) in [5.41, 5.74) is 1.98. The molecule has 2 nitrogen and oxygen atoms in total. The van der Waals surface area contributed by atoms with E-state index in [0.29, 0.717) is 21.4 Å². The molecule has 0 saturated carbocycles. The highest BCUT2D eigenvalue weighted by Crippen LogP contribution is 2.33. The molecule has 2 aromatic carbocycles. The van der Waals surface area contributed by atoms with Crippen molar-refractivity contribution < 1.29 is 9.53 Å². The summed E-state index contributed by atoms with van der Waals surface area (Å²) in [6.45, 7) is 0. The molecule has 2 rings (SSSR count). The van der Waals surface area contributed by atoms with Crippen LogP contribution >= 0.6 is 23.2 Å². The summed E-state index contributed by atoms with van der Waals surface area (Å²) in [7, 11) is 1.55. The fraction of sp³-hybridized carbons (Fsp3) is 0.0714. The monoisotopic (exact) mass is 280 g/mol. The van der Waals surface area contributed by atoms with E-state index in [1.165, 1.54) is 0 Å². The number of carbonyl (C=O) groups is 1. The van der Waals surface area contributed by atoms with Crippen LogP contribution in [0.1, 0.15) is 10.4 Å². The van der Waals surface area contributed by atoms with Gasteiger partial charge in [-0.2, -0.15) is 0 Å². The molecular weight excluding hydrogens is 271 g/mol. The van der Waals surface area contributed by atoms with Gasteiger partial charge in [-0.05, 0) is 42.0 Å². The van der Waals surface area contributed by atoms with Gasteiger partial charge in [0.2, 0.25) is 0 Å². The molecule has 92 valence electrons. The minimum Gasteiger partial charge on any atom is -0.497 e. The normalized spacial score (nSPS) is 10.2. The van der Waals surface area contributed by atoms with Crippen molar-refractivity contribution in [2.24, 2.45) is 0 Å². The van der Waals surface area contributed by atoms with Gasteiger partial charge >= 0.3 is 0 Å². The molecule has 2 aromatic rings. The zero-order valence-corrected chi connectivity index (χ0v) is 11.1. The largest absolute Gasteiger partial charge is 0.497 e. The molecule has 0 amide bonds. The van der Waals surface area contributed by atoms with E-state index in [1.807, 2.05) is 0 Å². The zero-order chi connectivity index (χ0) is 13.1. The fourth-order valence-electron chi connectivity index (χ4n) is 1.71. The van der Waals surface area contributed by atoms with Crippen LogP contribution in [0, 0.1) is 0 Å². The number of rotatable bonds is 3. The van der Waals surface area contributed by atoms with Gasteiger partial charge < -0.3 is 4.74 Å². The Morgan fingerprint density at radius 1 is 1.06 bits per heavy atom. The standard InChI is InChI=1S/C14H10Cl2O2/c1-18-11-3-4-12(9(6-11)8-17)13-7-10(15)2-5-14(13)16/h2-8H,1H3. The molecule has 4 heteroatoms. The maximum absolute atomic E-state index is 11.1. The van der Waals surface area contributed by atoms with Gasteiger partial charge in [-0.3, -0.25) is 4.79 Å².